The Morgan fingerprint density at radius 3 is 1.84 bits per heavy atom. The molecule has 0 atom stereocenters. The van der Waals surface area contributed by atoms with Crippen LogP contribution in [0, 0.1) is 13.8 Å². The lowest BCUT2D eigenvalue weighted by Crippen LogP contribution is -1.73. The second-order valence-corrected chi connectivity index (χ2v) is 5.08. The molecule has 0 aliphatic carbocycles. The SMILES string of the molecule is Cc1ccc(Cl)cc1.Cc1ccc2ccccc2c1. The molecule has 0 bridgehead atoms. The highest BCUT2D eigenvalue weighted by molar-refractivity contribution is 6.30. The van der Waals surface area contributed by atoms with Crippen molar-refractivity contribution >= 4 is 22.4 Å². The Bertz CT molecular complexity index is 633. The van der Waals surface area contributed by atoms with Crippen LogP contribution >= 0.6 is 11.6 Å². The Hall–Kier alpha value is -1.79. The van der Waals surface area contributed by atoms with Crippen molar-refractivity contribution in [1.82, 2.24) is 0 Å². The molecule has 19 heavy (non-hydrogen) atoms. The summed E-state index contributed by atoms with van der Waals surface area (Å²) in [5.74, 6) is 0. The van der Waals surface area contributed by atoms with Gasteiger partial charge in [0.2, 0.25) is 0 Å². The van der Waals surface area contributed by atoms with E-state index in [1.54, 1.807) is 0 Å². The first-order valence-corrected chi connectivity index (χ1v) is 6.70. The van der Waals surface area contributed by atoms with Gasteiger partial charge in [0.15, 0.2) is 0 Å². The monoisotopic (exact) mass is 268 g/mol. The van der Waals surface area contributed by atoms with Crippen LogP contribution in [-0.4, -0.2) is 0 Å². The molecule has 0 spiro atoms. The zero-order valence-corrected chi connectivity index (χ0v) is 12.0. The maximum atomic E-state index is 5.61. The van der Waals surface area contributed by atoms with Crippen LogP contribution in [0.25, 0.3) is 10.8 Å². The van der Waals surface area contributed by atoms with Crippen molar-refractivity contribution in [1.29, 1.82) is 0 Å². The molecule has 0 aliphatic heterocycles. The van der Waals surface area contributed by atoms with Gasteiger partial charge in [0.05, 0.1) is 0 Å². The fourth-order valence-corrected chi connectivity index (χ4v) is 1.97. The molecule has 0 nitrogen and oxygen atoms in total. The third-order valence-corrected chi connectivity index (χ3v) is 3.17. The quantitative estimate of drug-likeness (QED) is 0.484. The van der Waals surface area contributed by atoms with Crippen LogP contribution < -0.4 is 0 Å². The summed E-state index contributed by atoms with van der Waals surface area (Å²) in [5, 5.41) is 3.45. The van der Waals surface area contributed by atoms with Gasteiger partial charge in [0.25, 0.3) is 0 Å². The highest BCUT2D eigenvalue weighted by Crippen LogP contribution is 2.14. The minimum absolute atomic E-state index is 0.801. The van der Waals surface area contributed by atoms with Gasteiger partial charge in [-0.05, 0) is 36.8 Å². The van der Waals surface area contributed by atoms with Gasteiger partial charge in [-0.1, -0.05) is 77.3 Å². The predicted octanol–water partition coefficient (Wildman–Crippen LogP) is 5.80. The number of benzene rings is 3. The number of fused-ring (bicyclic) bond motifs is 1. The van der Waals surface area contributed by atoms with Crippen molar-refractivity contribution in [3.8, 4) is 0 Å². The number of hydrogen-bond acceptors (Lipinski definition) is 0. The second kappa shape index (κ2) is 6.40. The lowest BCUT2D eigenvalue weighted by molar-refractivity contribution is 1.48. The van der Waals surface area contributed by atoms with E-state index >= 15 is 0 Å². The van der Waals surface area contributed by atoms with E-state index in [1.807, 2.05) is 31.2 Å². The summed E-state index contributed by atoms with van der Waals surface area (Å²) >= 11 is 5.61. The summed E-state index contributed by atoms with van der Waals surface area (Å²) in [6.07, 6.45) is 0. The summed E-state index contributed by atoms with van der Waals surface area (Å²) in [7, 11) is 0. The lowest BCUT2D eigenvalue weighted by Gasteiger charge is -1.96. The Morgan fingerprint density at radius 1 is 0.632 bits per heavy atom. The normalized spacial score (nSPS) is 9.84. The first-order chi connectivity index (χ1) is 9.15. The Balaban J connectivity index is 0.000000148. The third kappa shape index (κ3) is 4.11. The second-order valence-electron chi connectivity index (χ2n) is 4.65. The molecule has 3 aromatic rings. The summed E-state index contributed by atoms with van der Waals surface area (Å²) in [6.45, 7) is 4.16. The summed E-state index contributed by atoms with van der Waals surface area (Å²) < 4.78 is 0. The minimum Gasteiger partial charge on any atom is -0.0843 e. The predicted molar refractivity (Wildman–Crippen MR) is 84.9 cm³/mol. The van der Waals surface area contributed by atoms with Gasteiger partial charge in [-0.25, -0.2) is 0 Å². The van der Waals surface area contributed by atoms with Crippen molar-refractivity contribution < 1.29 is 0 Å². The van der Waals surface area contributed by atoms with Crippen LogP contribution in [0.4, 0.5) is 0 Å². The summed E-state index contributed by atoms with van der Waals surface area (Å²) in [6, 6.07) is 22.7. The molecule has 96 valence electrons. The van der Waals surface area contributed by atoms with E-state index in [0.29, 0.717) is 0 Å². The molecule has 0 unspecified atom stereocenters. The van der Waals surface area contributed by atoms with Crippen molar-refractivity contribution in [2.24, 2.45) is 0 Å². The molecule has 0 radical (unpaired) electrons. The standard InChI is InChI=1S/C11H10.C7H7Cl/c1-9-6-7-10-4-2-3-5-11(10)8-9;1-6-2-4-7(8)5-3-6/h2-8H,1H3;2-5H,1H3. The molecule has 0 aliphatic rings. The third-order valence-electron chi connectivity index (χ3n) is 2.92. The average Bonchev–Trinajstić information content (AvgIpc) is 2.43. The fraction of sp³-hybridized carbons (Fsp3) is 0.111. The van der Waals surface area contributed by atoms with Gasteiger partial charge in [0, 0.05) is 5.02 Å². The molecule has 0 heterocycles. The van der Waals surface area contributed by atoms with E-state index in [2.05, 4.69) is 49.4 Å². The lowest BCUT2D eigenvalue weighted by atomic mass is 10.1. The van der Waals surface area contributed by atoms with Gasteiger partial charge in [-0.3, -0.25) is 0 Å². The topological polar surface area (TPSA) is 0 Å². The molecule has 0 amide bonds. The van der Waals surface area contributed by atoms with Crippen molar-refractivity contribution in [3.63, 3.8) is 0 Å². The average molecular weight is 269 g/mol. The van der Waals surface area contributed by atoms with Gasteiger partial charge in [0.1, 0.15) is 0 Å². The molecule has 0 N–H and O–H groups in total. The van der Waals surface area contributed by atoms with Gasteiger partial charge in [-0.2, -0.15) is 0 Å². The minimum atomic E-state index is 0.801. The molecule has 1 heteroatoms. The molecular formula is C18H17Cl. The number of aryl methyl sites for hydroxylation is 2. The highest BCUT2D eigenvalue weighted by atomic mass is 35.5. The van der Waals surface area contributed by atoms with Gasteiger partial charge >= 0.3 is 0 Å². The van der Waals surface area contributed by atoms with E-state index in [4.69, 9.17) is 11.6 Å². The molecule has 0 saturated carbocycles. The first-order valence-electron chi connectivity index (χ1n) is 6.33. The molecule has 3 rings (SSSR count). The van der Waals surface area contributed by atoms with Crippen LogP contribution in [0.1, 0.15) is 11.1 Å². The summed E-state index contributed by atoms with van der Waals surface area (Å²) in [4.78, 5) is 0. The van der Waals surface area contributed by atoms with Gasteiger partial charge < -0.3 is 0 Å². The maximum Gasteiger partial charge on any atom is 0.0406 e. The van der Waals surface area contributed by atoms with E-state index < -0.39 is 0 Å². The molecule has 0 aromatic heterocycles. The first kappa shape index (κ1) is 13.6. The van der Waals surface area contributed by atoms with E-state index in [9.17, 15) is 0 Å². The van der Waals surface area contributed by atoms with Crippen LogP contribution in [0.5, 0.6) is 0 Å². The number of halogens is 1. The van der Waals surface area contributed by atoms with Crippen molar-refractivity contribution in [3.05, 3.63) is 82.9 Å². The van der Waals surface area contributed by atoms with E-state index in [0.717, 1.165) is 5.02 Å². The van der Waals surface area contributed by atoms with Crippen LogP contribution in [-0.2, 0) is 0 Å². The fourth-order valence-electron chi connectivity index (χ4n) is 1.84. The molecular weight excluding hydrogens is 252 g/mol. The molecule has 3 aromatic carbocycles. The van der Waals surface area contributed by atoms with Crippen LogP contribution in [0.2, 0.25) is 5.02 Å². The zero-order chi connectivity index (χ0) is 13.7. The number of rotatable bonds is 0. The number of hydrogen-bond donors (Lipinski definition) is 0. The maximum absolute atomic E-state index is 5.61. The van der Waals surface area contributed by atoms with Crippen molar-refractivity contribution in [2.75, 3.05) is 0 Å². The van der Waals surface area contributed by atoms with Gasteiger partial charge in [-0.15, -0.1) is 0 Å². The zero-order valence-electron chi connectivity index (χ0n) is 11.2. The van der Waals surface area contributed by atoms with E-state index in [1.165, 1.54) is 21.9 Å². The highest BCUT2D eigenvalue weighted by Gasteiger charge is 1.89. The van der Waals surface area contributed by atoms with Crippen LogP contribution in [0.15, 0.2) is 66.7 Å². The van der Waals surface area contributed by atoms with Crippen molar-refractivity contribution in [2.45, 2.75) is 13.8 Å². The Morgan fingerprint density at radius 2 is 1.21 bits per heavy atom. The molecule has 0 saturated heterocycles. The Kier molecular flexibility index (Phi) is 4.59. The smallest absolute Gasteiger partial charge is 0.0406 e. The van der Waals surface area contributed by atoms with E-state index in [-0.39, 0.29) is 0 Å². The largest absolute Gasteiger partial charge is 0.0843 e. The summed E-state index contributed by atoms with van der Waals surface area (Å²) in [5.41, 5.74) is 2.57. The molecule has 0 fully saturated rings. The Labute approximate surface area is 119 Å². The van der Waals surface area contributed by atoms with Crippen LogP contribution in [0.3, 0.4) is 0 Å².